The summed E-state index contributed by atoms with van der Waals surface area (Å²) in [6.07, 6.45) is 4.01. The van der Waals surface area contributed by atoms with Gasteiger partial charge in [0.1, 0.15) is 0 Å². The van der Waals surface area contributed by atoms with Gasteiger partial charge >= 0.3 is 5.97 Å². The Morgan fingerprint density at radius 3 is 2.52 bits per heavy atom. The Bertz CT molecular complexity index is 665. The van der Waals surface area contributed by atoms with E-state index in [1.54, 1.807) is 7.11 Å². The SMILES string of the molecule is COC(=O)[C@]1(C)CCC[C@]2(C)c3ccc(C(C)C)cc3[C@H](OC)CC12. The average molecular weight is 344 g/mol. The van der Waals surface area contributed by atoms with E-state index in [0.29, 0.717) is 5.92 Å². The van der Waals surface area contributed by atoms with Crippen LogP contribution in [0.4, 0.5) is 0 Å². The number of fused-ring (bicyclic) bond motifs is 3. The monoisotopic (exact) mass is 344 g/mol. The first-order valence-electron chi connectivity index (χ1n) is 9.53. The predicted molar refractivity (Wildman–Crippen MR) is 99.7 cm³/mol. The molecule has 3 heteroatoms. The van der Waals surface area contributed by atoms with Crippen molar-refractivity contribution in [1.82, 2.24) is 0 Å². The predicted octanol–water partition coefficient (Wildman–Crippen LogP) is 5.14. The van der Waals surface area contributed by atoms with E-state index < -0.39 is 5.41 Å². The molecule has 3 nitrogen and oxygen atoms in total. The summed E-state index contributed by atoms with van der Waals surface area (Å²) >= 11 is 0. The van der Waals surface area contributed by atoms with Crippen molar-refractivity contribution in [3.63, 3.8) is 0 Å². The van der Waals surface area contributed by atoms with Gasteiger partial charge in [0, 0.05) is 7.11 Å². The number of ether oxygens (including phenoxy) is 2. The summed E-state index contributed by atoms with van der Waals surface area (Å²) in [5.74, 6) is 0.670. The van der Waals surface area contributed by atoms with Crippen molar-refractivity contribution in [1.29, 1.82) is 0 Å². The molecule has 138 valence electrons. The van der Waals surface area contributed by atoms with Gasteiger partial charge < -0.3 is 9.47 Å². The minimum atomic E-state index is -0.438. The van der Waals surface area contributed by atoms with Gasteiger partial charge in [0.25, 0.3) is 0 Å². The van der Waals surface area contributed by atoms with Crippen LogP contribution in [0.3, 0.4) is 0 Å². The van der Waals surface area contributed by atoms with Crippen molar-refractivity contribution in [2.45, 2.75) is 70.8 Å². The van der Waals surface area contributed by atoms with Gasteiger partial charge in [-0.3, -0.25) is 4.79 Å². The van der Waals surface area contributed by atoms with Crippen LogP contribution in [-0.4, -0.2) is 20.2 Å². The number of hydrogen-bond donors (Lipinski definition) is 0. The van der Waals surface area contributed by atoms with Gasteiger partial charge in [-0.05, 0) is 60.1 Å². The second kappa shape index (κ2) is 6.42. The molecule has 2 aliphatic carbocycles. The van der Waals surface area contributed by atoms with E-state index in [-0.39, 0.29) is 23.4 Å². The van der Waals surface area contributed by atoms with Crippen LogP contribution in [-0.2, 0) is 19.7 Å². The molecule has 0 heterocycles. The highest BCUT2D eigenvalue weighted by Crippen LogP contribution is 2.60. The molecule has 0 bridgehead atoms. The Hall–Kier alpha value is -1.35. The second-order valence-electron chi connectivity index (χ2n) is 8.69. The summed E-state index contributed by atoms with van der Waals surface area (Å²) < 4.78 is 11.1. The summed E-state index contributed by atoms with van der Waals surface area (Å²) in [7, 11) is 3.30. The summed E-state index contributed by atoms with van der Waals surface area (Å²) in [4.78, 5) is 12.7. The van der Waals surface area contributed by atoms with E-state index in [1.807, 2.05) is 0 Å². The van der Waals surface area contributed by atoms with E-state index >= 15 is 0 Å². The highest BCUT2D eigenvalue weighted by Gasteiger charge is 2.57. The van der Waals surface area contributed by atoms with Crippen LogP contribution in [0.5, 0.6) is 0 Å². The minimum Gasteiger partial charge on any atom is -0.469 e. The third kappa shape index (κ3) is 2.71. The highest BCUT2D eigenvalue weighted by molar-refractivity contribution is 5.77. The Morgan fingerprint density at radius 2 is 1.92 bits per heavy atom. The number of benzene rings is 1. The lowest BCUT2D eigenvalue weighted by atomic mass is 9.49. The fourth-order valence-corrected chi connectivity index (χ4v) is 5.49. The summed E-state index contributed by atoms with van der Waals surface area (Å²) in [5, 5.41) is 0. The lowest BCUT2D eigenvalue weighted by Crippen LogP contribution is -2.53. The first kappa shape index (κ1) is 18.4. The van der Waals surface area contributed by atoms with Crippen molar-refractivity contribution in [2.75, 3.05) is 14.2 Å². The van der Waals surface area contributed by atoms with Crippen LogP contribution in [0.2, 0.25) is 0 Å². The van der Waals surface area contributed by atoms with Gasteiger partial charge in [-0.15, -0.1) is 0 Å². The molecule has 0 saturated heterocycles. The lowest BCUT2D eigenvalue weighted by Gasteiger charge is -2.55. The van der Waals surface area contributed by atoms with E-state index in [1.165, 1.54) is 23.8 Å². The maximum atomic E-state index is 12.7. The highest BCUT2D eigenvalue weighted by atomic mass is 16.5. The molecule has 1 unspecified atom stereocenters. The minimum absolute atomic E-state index is 0.00105. The van der Waals surface area contributed by atoms with E-state index in [2.05, 4.69) is 45.9 Å². The van der Waals surface area contributed by atoms with Gasteiger partial charge in [0.15, 0.2) is 0 Å². The third-order valence-corrected chi connectivity index (χ3v) is 7.02. The Balaban J connectivity index is 2.14. The van der Waals surface area contributed by atoms with Crippen LogP contribution in [0.1, 0.15) is 82.1 Å². The Morgan fingerprint density at radius 1 is 1.20 bits per heavy atom. The average Bonchev–Trinajstić information content (AvgIpc) is 2.60. The number of carbonyl (C=O) groups is 1. The van der Waals surface area contributed by atoms with Crippen molar-refractivity contribution in [3.05, 3.63) is 34.9 Å². The van der Waals surface area contributed by atoms with Crippen LogP contribution in [0.15, 0.2) is 18.2 Å². The van der Waals surface area contributed by atoms with Gasteiger partial charge in [0.2, 0.25) is 0 Å². The topological polar surface area (TPSA) is 35.5 Å². The first-order valence-corrected chi connectivity index (χ1v) is 9.53. The molecule has 0 spiro atoms. The fourth-order valence-electron chi connectivity index (χ4n) is 5.49. The number of esters is 1. The molecular weight excluding hydrogens is 312 g/mol. The van der Waals surface area contributed by atoms with Crippen molar-refractivity contribution in [3.8, 4) is 0 Å². The van der Waals surface area contributed by atoms with Crippen LogP contribution >= 0.6 is 0 Å². The summed E-state index contributed by atoms with van der Waals surface area (Å²) in [6, 6.07) is 6.89. The first-order chi connectivity index (χ1) is 11.8. The molecule has 1 saturated carbocycles. The van der Waals surface area contributed by atoms with E-state index in [4.69, 9.17) is 9.47 Å². The van der Waals surface area contributed by atoms with E-state index in [9.17, 15) is 4.79 Å². The molecule has 4 atom stereocenters. The summed E-state index contributed by atoms with van der Waals surface area (Å²) in [6.45, 7) is 8.90. The molecule has 0 amide bonds. The third-order valence-electron chi connectivity index (χ3n) is 7.02. The molecule has 1 aromatic rings. The molecule has 1 aromatic carbocycles. The van der Waals surface area contributed by atoms with Gasteiger partial charge in [-0.25, -0.2) is 0 Å². The summed E-state index contributed by atoms with van der Waals surface area (Å²) in [5.41, 5.74) is 3.61. The number of methoxy groups -OCH3 is 2. The zero-order chi connectivity index (χ0) is 18.4. The normalized spacial score (nSPS) is 34.4. The fraction of sp³-hybridized carbons (Fsp3) is 0.682. The molecule has 0 radical (unpaired) electrons. The molecule has 0 aliphatic heterocycles. The maximum absolute atomic E-state index is 12.7. The number of rotatable bonds is 3. The standard InChI is InChI=1S/C22H32O3/c1-14(2)15-8-9-17-16(12-15)18(24-5)13-19-21(17,3)10-7-11-22(19,4)20(23)25-6/h8-9,12,14,18-19H,7,10-11,13H2,1-6H3/t18-,19?,21-,22-/m1/s1. The van der Waals surface area contributed by atoms with Gasteiger partial charge in [0.05, 0.1) is 18.6 Å². The molecule has 0 aromatic heterocycles. The number of carbonyl (C=O) groups excluding carboxylic acids is 1. The quantitative estimate of drug-likeness (QED) is 0.712. The van der Waals surface area contributed by atoms with Gasteiger partial charge in [-0.2, -0.15) is 0 Å². The van der Waals surface area contributed by atoms with Crippen molar-refractivity contribution < 1.29 is 14.3 Å². The largest absolute Gasteiger partial charge is 0.469 e. The molecule has 1 fully saturated rings. The Labute approximate surface area is 152 Å². The van der Waals surface area contributed by atoms with Crippen molar-refractivity contribution >= 4 is 5.97 Å². The molecule has 3 rings (SSSR count). The van der Waals surface area contributed by atoms with Crippen molar-refractivity contribution in [2.24, 2.45) is 11.3 Å². The van der Waals surface area contributed by atoms with Crippen LogP contribution in [0, 0.1) is 11.3 Å². The Kier molecular flexibility index (Phi) is 4.74. The zero-order valence-electron chi connectivity index (χ0n) is 16.5. The smallest absolute Gasteiger partial charge is 0.311 e. The zero-order valence-corrected chi connectivity index (χ0v) is 16.5. The maximum Gasteiger partial charge on any atom is 0.311 e. The number of hydrogen-bond acceptors (Lipinski definition) is 3. The molecule has 0 N–H and O–H groups in total. The molecule has 2 aliphatic rings. The second-order valence-corrected chi connectivity index (χ2v) is 8.69. The van der Waals surface area contributed by atoms with Gasteiger partial charge in [-0.1, -0.05) is 45.4 Å². The molecular formula is C22H32O3. The lowest BCUT2D eigenvalue weighted by molar-refractivity contribution is -0.163. The van der Waals surface area contributed by atoms with Crippen LogP contribution in [0.25, 0.3) is 0 Å². The van der Waals surface area contributed by atoms with Crippen LogP contribution < -0.4 is 0 Å². The molecule has 25 heavy (non-hydrogen) atoms. The van der Waals surface area contributed by atoms with E-state index in [0.717, 1.165) is 25.7 Å².